The van der Waals surface area contributed by atoms with Gasteiger partial charge in [0.05, 0.1) is 4.90 Å². The maximum atomic E-state index is 13.5. The Labute approximate surface area is 121 Å². The van der Waals surface area contributed by atoms with E-state index < -0.39 is 27.3 Å². The van der Waals surface area contributed by atoms with E-state index in [1.165, 1.54) is 24.3 Å². The summed E-state index contributed by atoms with van der Waals surface area (Å²) in [4.78, 5) is 12.1. The van der Waals surface area contributed by atoms with Gasteiger partial charge in [-0.2, -0.15) is 0 Å². The zero-order valence-corrected chi connectivity index (χ0v) is 12.0. The molecule has 2 aromatic rings. The van der Waals surface area contributed by atoms with Gasteiger partial charge < -0.3 is 0 Å². The van der Waals surface area contributed by atoms with Gasteiger partial charge in [0.2, 0.25) is 0 Å². The smallest absolute Gasteiger partial charge is 0.175 e. The topological polar surface area (TPSA) is 51.2 Å². The van der Waals surface area contributed by atoms with Crippen LogP contribution in [0.15, 0.2) is 47.4 Å². The summed E-state index contributed by atoms with van der Waals surface area (Å²) in [6.45, 7) is 0. The summed E-state index contributed by atoms with van der Waals surface area (Å²) in [7, 11) is -3.43. The van der Waals surface area contributed by atoms with Gasteiger partial charge >= 0.3 is 0 Å². The lowest BCUT2D eigenvalue weighted by Gasteiger charge is -2.05. The van der Waals surface area contributed by atoms with Crippen molar-refractivity contribution in [3.63, 3.8) is 0 Å². The molecule has 0 saturated carbocycles. The first kappa shape index (κ1) is 15.3. The molecule has 0 aromatic heterocycles. The number of sulfone groups is 1. The lowest BCUT2D eigenvalue weighted by molar-refractivity contribution is 0.0991. The van der Waals surface area contributed by atoms with E-state index in [1.54, 1.807) is 0 Å². The van der Waals surface area contributed by atoms with Crippen LogP contribution in [0.4, 0.5) is 8.78 Å². The van der Waals surface area contributed by atoms with E-state index in [4.69, 9.17) is 0 Å². The second kappa shape index (κ2) is 5.73. The fourth-order valence-electron chi connectivity index (χ4n) is 1.85. The van der Waals surface area contributed by atoms with Crippen LogP contribution >= 0.6 is 0 Å². The van der Waals surface area contributed by atoms with Gasteiger partial charge in [-0.25, -0.2) is 17.2 Å². The van der Waals surface area contributed by atoms with E-state index in [9.17, 15) is 22.0 Å². The third kappa shape index (κ3) is 3.72. The number of rotatable bonds is 4. The van der Waals surface area contributed by atoms with Crippen molar-refractivity contribution in [1.82, 2.24) is 0 Å². The first-order chi connectivity index (χ1) is 9.77. The van der Waals surface area contributed by atoms with Gasteiger partial charge in [0, 0.05) is 18.2 Å². The van der Waals surface area contributed by atoms with Crippen molar-refractivity contribution in [1.29, 1.82) is 0 Å². The SMILES string of the molecule is CS(=O)(=O)c1cccc(C(=O)Cc2cc(F)ccc2F)c1. The Morgan fingerprint density at radius 1 is 1.10 bits per heavy atom. The highest BCUT2D eigenvalue weighted by Crippen LogP contribution is 2.16. The minimum Gasteiger partial charge on any atom is -0.294 e. The molecule has 0 atom stereocenters. The fraction of sp³-hybridized carbons (Fsp3) is 0.133. The zero-order chi connectivity index (χ0) is 15.6. The van der Waals surface area contributed by atoms with Crippen molar-refractivity contribution in [3.05, 3.63) is 65.2 Å². The van der Waals surface area contributed by atoms with Crippen LogP contribution in [0.3, 0.4) is 0 Å². The molecule has 0 heterocycles. The Morgan fingerprint density at radius 3 is 2.48 bits per heavy atom. The molecule has 0 amide bonds. The van der Waals surface area contributed by atoms with Gasteiger partial charge in [0.1, 0.15) is 11.6 Å². The highest BCUT2D eigenvalue weighted by Gasteiger charge is 2.14. The summed E-state index contributed by atoms with van der Waals surface area (Å²) in [6, 6.07) is 8.34. The maximum Gasteiger partial charge on any atom is 0.175 e. The number of benzene rings is 2. The van der Waals surface area contributed by atoms with Gasteiger partial charge in [0.25, 0.3) is 0 Å². The molecular weight excluding hydrogens is 298 g/mol. The van der Waals surface area contributed by atoms with Crippen LogP contribution in [-0.2, 0) is 16.3 Å². The van der Waals surface area contributed by atoms with Crippen LogP contribution < -0.4 is 0 Å². The van der Waals surface area contributed by atoms with Gasteiger partial charge in [-0.3, -0.25) is 4.79 Å². The molecule has 21 heavy (non-hydrogen) atoms. The summed E-state index contributed by atoms with van der Waals surface area (Å²) >= 11 is 0. The average molecular weight is 310 g/mol. The lowest BCUT2D eigenvalue weighted by atomic mass is 10.0. The molecule has 0 aliphatic carbocycles. The van der Waals surface area contributed by atoms with E-state index in [0.29, 0.717) is 0 Å². The molecule has 6 heteroatoms. The van der Waals surface area contributed by atoms with E-state index in [-0.39, 0.29) is 22.4 Å². The molecule has 0 N–H and O–H groups in total. The number of carbonyl (C=O) groups excluding carboxylic acids is 1. The van der Waals surface area contributed by atoms with Crippen LogP contribution in [0, 0.1) is 11.6 Å². The third-order valence-electron chi connectivity index (χ3n) is 2.94. The molecule has 110 valence electrons. The van der Waals surface area contributed by atoms with Crippen molar-refractivity contribution in [3.8, 4) is 0 Å². The summed E-state index contributed by atoms with van der Waals surface area (Å²) in [5.41, 5.74) is 0.0753. The first-order valence-electron chi connectivity index (χ1n) is 6.04. The van der Waals surface area contributed by atoms with E-state index in [0.717, 1.165) is 24.5 Å². The van der Waals surface area contributed by atoms with Crippen LogP contribution in [0.25, 0.3) is 0 Å². The highest BCUT2D eigenvalue weighted by atomic mass is 32.2. The van der Waals surface area contributed by atoms with Crippen LogP contribution in [0.1, 0.15) is 15.9 Å². The van der Waals surface area contributed by atoms with Crippen molar-refractivity contribution in [2.75, 3.05) is 6.26 Å². The molecule has 2 rings (SSSR count). The van der Waals surface area contributed by atoms with Crippen LogP contribution in [-0.4, -0.2) is 20.5 Å². The second-order valence-corrected chi connectivity index (χ2v) is 6.65. The van der Waals surface area contributed by atoms with Crippen molar-refractivity contribution in [2.45, 2.75) is 11.3 Å². The van der Waals surface area contributed by atoms with Crippen molar-refractivity contribution < 1.29 is 22.0 Å². The molecule has 0 saturated heterocycles. The Bertz CT molecular complexity index is 798. The lowest BCUT2D eigenvalue weighted by Crippen LogP contribution is -2.07. The quantitative estimate of drug-likeness (QED) is 0.816. The van der Waals surface area contributed by atoms with E-state index in [1.807, 2.05) is 0 Å². The highest BCUT2D eigenvalue weighted by molar-refractivity contribution is 7.90. The summed E-state index contributed by atoms with van der Waals surface area (Å²) in [5, 5.41) is 0. The molecule has 0 fully saturated rings. The first-order valence-corrected chi connectivity index (χ1v) is 7.94. The second-order valence-electron chi connectivity index (χ2n) is 4.64. The molecule has 0 radical (unpaired) electrons. The number of hydrogen-bond donors (Lipinski definition) is 0. The average Bonchev–Trinajstić information content (AvgIpc) is 2.42. The normalized spacial score (nSPS) is 11.4. The number of Topliss-reactive ketones (excluding diaryl/α,β-unsaturated/α-hetero) is 1. The fourth-order valence-corrected chi connectivity index (χ4v) is 2.52. The molecule has 0 aliphatic rings. The molecule has 2 aromatic carbocycles. The Kier molecular flexibility index (Phi) is 4.18. The monoisotopic (exact) mass is 310 g/mol. The molecule has 3 nitrogen and oxygen atoms in total. The third-order valence-corrected chi connectivity index (χ3v) is 4.05. The van der Waals surface area contributed by atoms with E-state index >= 15 is 0 Å². The van der Waals surface area contributed by atoms with Crippen molar-refractivity contribution >= 4 is 15.6 Å². The molecule has 0 spiro atoms. The largest absolute Gasteiger partial charge is 0.294 e. The van der Waals surface area contributed by atoms with Gasteiger partial charge in [0.15, 0.2) is 15.6 Å². The van der Waals surface area contributed by atoms with E-state index in [2.05, 4.69) is 0 Å². The summed E-state index contributed by atoms with van der Waals surface area (Å²) < 4.78 is 49.5. The van der Waals surface area contributed by atoms with Gasteiger partial charge in [-0.05, 0) is 35.9 Å². The number of halogens is 2. The summed E-state index contributed by atoms with van der Waals surface area (Å²) in [6.07, 6.45) is 0.694. The predicted molar refractivity (Wildman–Crippen MR) is 73.9 cm³/mol. The zero-order valence-electron chi connectivity index (χ0n) is 11.1. The number of carbonyl (C=O) groups is 1. The van der Waals surface area contributed by atoms with Crippen LogP contribution in [0.5, 0.6) is 0 Å². The minimum absolute atomic E-state index is 0.00747. The Balaban J connectivity index is 2.31. The molecule has 0 aliphatic heterocycles. The van der Waals surface area contributed by atoms with Crippen LogP contribution in [0.2, 0.25) is 0 Å². The summed E-state index contributed by atoms with van der Waals surface area (Å²) in [5.74, 6) is -1.79. The Morgan fingerprint density at radius 2 is 1.81 bits per heavy atom. The minimum atomic E-state index is -3.43. The standard InChI is InChI=1S/C15H12F2O3S/c1-21(19,20)13-4-2-3-10(8-13)15(18)9-11-7-12(16)5-6-14(11)17/h2-8H,9H2,1H3. The predicted octanol–water partition coefficient (Wildman–Crippen LogP) is 2.79. The van der Waals surface area contributed by atoms with Gasteiger partial charge in [-0.1, -0.05) is 12.1 Å². The van der Waals surface area contributed by atoms with Crippen molar-refractivity contribution in [2.24, 2.45) is 0 Å². The maximum absolute atomic E-state index is 13.5. The molecule has 0 unspecified atom stereocenters. The number of ketones is 1. The Hall–Kier alpha value is -2.08. The number of hydrogen-bond acceptors (Lipinski definition) is 3. The van der Waals surface area contributed by atoms with Gasteiger partial charge in [-0.15, -0.1) is 0 Å². The molecule has 0 bridgehead atoms. The molecular formula is C15H12F2O3S.